The van der Waals surface area contributed by atoms with Crippen LogP contribution in [0.25, 0.3) is 6.08 Å². The molecular formula is C25H27BrN2O6. The van der Waals surface area contributed by atoms with E-state index in [4.69, 9.17) is 14.2 Å². The normalized spacial score (nSPS) is 13.9. The number of urea groups is 1. The molecule has 0 radical (unpaired) electrons. The van der Waals surface area contributed by atoms with Crippen molar-refractivity contribution in [2.45, 2.75) is 20.8 Å². The standard InChI is InChI=1S/C25H27BrN2O6/c1-6-32-21-14-17(12-19-23(29)27(4)25(31)28(5)24(19)30)13-20(26)22(21)34-10-9-33-18-8-7-15(2)16(3)11-18/h7-8,11-14H,6,9-10H2,1-5H3. The lowest BCUT2D eigenvalue weighted by Crippen LogP contribution is -2.52. The van der Waals surface area contributed by atoms with E-state index in [0.717, 1.165) is 21.1 Å². The minimum Gasteiger partial charge on any atom is -0.490 e. The summed E-state index contributed by atoms with van der Waals surface area (Å²) in [6, 6.07) is 8.63. The number of hydrogen-bond acceptors (Lipinski definition) is 6. The summed E-state index contributed by atoms with van der Waals surface area (Å²) in [6.45, 7) is 6.92. The zero-order valence-corrected chi connectivity index (χ0v) is 21.4. The molecule has 9 heteroatoms. The van der Waals surface area contributed by atoms with Crippen LogP contribution in [0.15, 0.2) is 40.4 Å². The summed E-state index contributed by atoms with van der Waals surface area (Å²) in [7, 11) is 2.67. The number of halogens is 1. The van der Waals surface area contributed by atoms with E-state index in [1.807, 2.05) is 39.0 Å². The number of nitrogens with zero attached hydrogens (tertiary/aromatic N) is 2. The number of hydrogen-bond donors (Lipinski definition) is 0. The quantitative estimate of drug-likeness (QED) is 0.286. The van der Waals surface area contributed by atoms with Crippen LogP contribution in [0.1, 0.15) is 23.6 Å². The van der Waals surface area contributed by atoms with Gasteiger partial charge in [0.2, 0.25) is 0 Å². The highest BCUT2D eigenvalue weighted by Gasteiger charge is 2.37. The molecular weight excluding hydrogens is 504 g/mol. The Labute approximate surface area is 207 Å². The lowest BCUT2D eigenvalue weighted by Gasteiger charge is -2.28. The summed E-state index contributed by atoms with van der Waals surface area (Å²) in [6.07, 6.45) is 1.43. The van der Waals surface area contributed by atoms with Crippen molar-refractivity contribution in [3.63, 3.8) is 0 Å². The third-order valence-corrected chi connectivity index (χ3v) is 5.95. The van der Waals surface area contributed by atoms with Crippen LogP contribution in [0.5, 0.6) is 17.2 Å². The first-order chi connectivity index (χ1) is 16.1. The van der Waals surface area contributed by atoms with Gasteiger partial charge in [-0.05, 0) is 83.7 Å². The lowest BCUT2D eigenvalue weighted by molar-refractivity contribution is -0.134. The van der Waals surface area contributed by atoms with E-state index in [9.17, 15) is 14.4 Å². The van der Waals surface area contributed by atoms with Crippen LogP contribution in [0.2, 0.25) is 0 Å². The molecule has 4 amide bonds. The Morgan fingerprint density at radius 1 is 0.882 bits per heavy atom. The summed E-state index contributed by atoms with van der Waals surface area (Å²) in [5.41, 5.74) is 2.78. The summed E-state index contributed by atoms with van der Waals surface area (Å²) < 4.78 is 18.0. The van der Waals surface area contributed by atoms with Crippen molar-refractivity contribution in [1.29, 1.82) is 0 Å². The number of ether oxygens (including phenoxy) is 3. The van der Waals surface area contributed by atoms with Crippen molar-refractivity contribution < 1.29 is 28.6 Å². The second-order valence-electron chi connectivity index (χ2n) is 7.77. The second kappa shape index (κ2) is 10.7. The number of imide groups is 2. The maximum absolute atomic E-state index is 12.5. The molecule has 0 unspecified atom stereocenters. The molecule has 2 aromatic rings. The van der Waals surface area contributed by atoms with Crippen LogP contribution in [-0.4, -0.2) is 61.6 Å². The van der Waals surface area contributed by atoms with E-state index < -0.39 is 17.8 Å². The molecule has 180 valence electrons. The fourth-order valence-corrected chi connectivity index (χ4v) is 3.90. The number of carbonyl (C=O) groups excluding carboxylic acids is 3. The van der Waals surface area contributed by atoms with Gasteiger partial charge in [0.05, 0.1) is 11.1 Å². The molecule has 0 aliphatic carbocycles. The Balaban J connectivity index is 1.78. The second-order valence-corrected chi connectivity index (χ2v) is 8.63. The summed E-state index contributed by atoms with van der Waals surface area (Å²) in [4.78, 5) is 38.8. The molecule has 1 heterocycles. The molecule has 1 fully saturated rings. The van der Waals surface area contributed by atoms with Crippen LogP contribution < -0.4 is 14.2 Å². The van der Waals surface area contributed by atoms with Gasteiger partial charge in [-0.3, -0.25) is 19.4 Å². The molecule has 0 bridgehead atoms. The third kappa shape index (κ3) is 5.41. The zero-order valence-electron chi connectivity index (χ0n) is 19.8. The Bertz CT molecular complexity index is 1130. The molecule has 0 saturated carbocycles. The summed E-state index contributed by atoms with van der Waals surface area (Å²) in [5, 5.41) is 0. The van der Waals surface area contributed by atoms with Gasteiger partial charge in [0, 0.05) is 14.1 Å². The van der Waals surface area contributed by atoms with Crippen molar-refractivity contribution in [2.24, 2.45) is 0 Å². The average molecular weight is 531 g/mol. The van der Waals surface area contributed by atoms with E-state index in [1.54, 1.807) is 12.1 Å². The van der Waals surface area contributed by atoms with Gasteiger partial charge in [0.15, 0.2) is 11.5 Å². The highest BCUT2D eigenvalue weighted by atomic mass is 79.9. The fourth-order valence-electron chi connectivity index (χ4n) is 3.32. The van der Waals surface area contributed by atoms with Crippen LogP contribution >= 0.6 is 15.9 Å². The molecule has 1 aliphatic heterocycles. The van der Waals surface area contributed by atoms with E-state index in [2.05, 4.69) is 15.9 Å². The highest BCUT2D eigenvalue weighted by Crippen LogP contribution is 2.38. The van der Waals surface area contributed by atoms with Crippen LogP contribution in [0, 0.1) is 13.8 Å². The molecule has 1 saturated heterocycles. The van der Waals surface area contributed by atoms with Gasteiger partial charge in [0.25, 0.3) is 11.8 Å². The zero-order chi connectivity index (χ0) is 25.0. The predicted octanol–water partition coefficient (Wildman–Crippen LogP) is 4.36. The van der Waals surface area contributed by atoms with Gasteiger partial charge in [-0.2, -0.15) is 0 Å². The SMILES string of the molecule is CCOc1cc(C=C2C(=O)N(C)C(=O)N(C)C2=O)cc(Br)c1OCCOc1ccc(C)c(C)c1. The number of barbiturate groups is 1. The molecule has 0 spiro atoms. The van der Waals surface area contributed by atoms with E-state index >= 15 is 0 Å². The van der Waals surface area contributed by atoms with Crippen LogP contribution in [0.3, 0.4) is 0 Å². The molecule has 34 heavy (non-hydrogen) atoms. The molecule has 1 aliphatic rings. The Morgan fingerprint density at radius 2 is 1.53 bits per heavy atom. The van der Waals surface area contributed by atoms with Gasteiger partial charge in [-0.15, -0.1) is 0 Å². The number of aryl methyl sites for hydroxylation is 2. The minimum absolute atomic E-state index is 0.116. The molecule has 8 nitrogen and oxygen atoms in total. The van der Waals surface area contributed by atoms with Crippen molar-refractivity contribution in [1.82, 2.24) is 9.80 Å². The third-order valence-electron chi connectivity index (χ3n) is 5.36. The van der Waals surface area contributed by atoms with Gasteiger partial charge in [-0.25, -0.2) is 4.79 Å². The Hall–Kier alpha value is -3.33. The number of amides is 4. The predicted molar refractivity (Wildman–Crippen MR) is 131 cm³/mol. The topological polar surface area (TPSA) is 85.4 Å². The van der Waals surface area contributed by atoms with Crippen molar-refractivity contribution in [3.8, 4) is 17.2 Å². The highest BCUT2D eigenvalue weighted by molar-refractivity contribution is 9.10. The first-order valence-corrected chi connectivity index (χ1v) is 11.5. The van der Waals surface area contributed by atoms with Gasteiger partial charge in [0.1, 0.15) is 24.5 Å². The first kappa shape index (κ1) is 25.3. The minimum atomic E-state index is -0.671. The summed E-state index contributed by atoms with van der Waals surface area (Å²) >= 11 is 3.49. The number of benzene rings is 2. The Morgan fingerprint density at radius 3 is 2.15 bits per heavy atom. The van der Waals surface area contributed by atoms with Crippen LogP contribution in [-0.2, 0) is 9.59 Å². The molecule has 0 N–H and O–H groups in total. The fraction of sp³-hybridized carbons (Fsp3) is 0.320. The largest absolute Gasteiger partial charge is 0.490 e. The molecule has 0 aromatic heterocycles. The van der Waals surface area contributed by atoms with Crippen molar-refractivity contribution in [3.05, 3.63) is 57.1 Å². The van der Waals surface area contributed by atoms with E-state index in [0.29, 0.717) is 34.7 Å². The van der Waals surface area contributed by atoms with E-state index in [-0.39, 0.29) is 12.2 Å². The van der Waals surface area contributed by atoms with Crippen molar-refractivity contribution in [2.75, 3.05) is 33.9 Å². The molecule has 2 aromatic carbocycles. The Kier molecular flexibility index (Phi) is 7.98. The monoisotopic (exact) mass is 530 g/mol. The van der Waals surface area contributed by atoms with Crippen molar-refractivity contribution >= 4 is 39.9 Å². The number of carbonyl (C=O) groups is 3. The van der Waals surface area contributed by atoms with Gasteiger partial charge >= 0.3 is 6.03 Å². The van der Waals surface area contributed by atoms with Gasteiger partial charge < -0.3 is 14.2 Å². The molecule has 0 atom stereocenters. The maximum Gasteiger partial charge on any atom is 0.333 e. The summed E-state index contributed by atoms with van der Waals surface area (Å²) in [5.74, 6) is 0.381. The maximum atomic E-state index is 12.5. The lowest BCUT2D eigenvalue weighted by atomic mass is 10.1. The molecule has 3 rings (SSSR count). The number of likely N-dealkylation sites (N-methyl/N-ethyl adjacent to an activating group) is 2. The number of rotatable bonds is 8. The van der Waals surface area contributed by atoms with Crippen LogP contribution in [0.4, 0.5) is 4.79 Å². The average Bonchev–Trinajstić information content (AvgIpc) is 2.80. The van der Waals surface area contributed by atoms with E-state index in [1.165, 1.54) is 25.7 Å². The smallest absolute Gasteiger partial charge is 0.333 e. The van der Waals surface area contributed by atoms with Gasteiger partial charge in [-0.1, -0.05) is 6.07 Å². The first-order valence-electron chi connectivity index (χ1n) is 10.7.